The van der Waals surface area contributed by atoms with Crippen molar-refractivity contribution in [3.63, 3.8) is 0 Å². The molecule has 0 aliphatic heterocycles. The third kappa shape index (κ3) is 3.26. The van der Waals surface area contributed by atoms with Crippen LogP contribution in [-0.2, 0) is 11.3 Å². The first-order valence-electron chi connectivity index (χ1n) is 6.39. The monoisotopic (exact) mass is 249 g/mol. The Labute approximate surface area is 107 Å². The first-order chi connectivity index (χ1) is 8.66. The van der Waals surface area contributed by atoms with Gasteiger partial charge in [0.15, 0.2) is 0 Å². The summed E-state index contributed by atoms with van der Waals surface area (Å²) in [7, 11) is 0. The highest BCUT2D eigenvalue weighted by Crippen LogP contribution is 2.31. The molecule has 0 amide bonds. The van der Waals surface area contributed by atoms with E-state index in [9.17, 15) is 4.79 Å². The quantitative estimate of drug-likeness (QED) is 0.824. The second kappa shape index (κ2) is 5.91. The number of carbonyl (C=O) groups is 1. The molecule has 1 aromatic heterocycles. The number of carboxylic acid groups (broad SMARTS) is 1. The molecule has 2 atom stereocenters. The molecule has 98 valence electrons. The summed E-state index contributed by atoms with van der Waals surface area (Å²) in [6, 6.07) is 1.88. The van der Waals surface area contributed by atoms with E-state index < -0.39 is 5.97 Å². The third-order valence-electron chi connectivity index (χ3n) is 3.52. The lowest BCUT2D eigenvalue weighted by atomic mass is 9.96. The average molecular weight is 249 g/mol. The van der Waals surface area contributed by atoms with Gasteiger partial charge in [0.2, 0.25) is 0 Å². The van der Waals surface area contributed by atoms with Gasteiger partial charge < -0.3 is 10.4 Å². The van der Waals surface area contributed by atoms with E-state index in [-0.39, 0.29) is 11.8 Å². The summed E-state index contributed by atoms with van der Waals surface area (Å²) in [6.07, 6.45) is 4.59. The molecule has 1 fully saturated rings. The van der Waals surface area contributed by atoms with Gasteiger partial charge in [0, 0.05) is 12.7 Å². The highest BCUT2D eigenvalue weighted by atomic mass is 16.4. The molecule has 1 aliphatic rings. The lowest BCUT2D eigenvalue weighted by Crippen LogP contribution is -2.29. The first-order valence-corrected chi connectivity index (χ1v) is 6.39. The zero-order valence-electron chi connectivity index (χ0n) is 10.6. The van der Waals surface area contributed by atoms with Crippen LogP contribution in [-0.4, -0.2) is 27.6 Å². The smallest absolute Gasteiger partial charge is 0.306 e. The van der Waals surface area contributed by atoms with Gasteiger partial charge in [0.05, 0.1) is 11.6 Å². The van der Waals surface area contributed by atoms with Gasteiger partial charge in [-0.3, -0.25) is 4.79 Å². The van der Waals surface area contributed by atoms with Crippen LogP contribution < -0.4 is 5.32 Å². The highest BCUT2D eigenvalue weighted by molar-refractivity contribution is 5.70. The molecular weight excluding hydrogens is 230 g/mol. The van der Waals surface area contributed by atoms with Gasteiger partial charge in [-0.2, -0.15) is 0 Å². The summed E-state index contributed by atoms with van der Waals surface area (Å²) >= 11 is 0. The van der Waals surface area contributed by atoms with E-state index >= 15 is 0 Å². The minimum Gasteiger partial charge on any atom is -0.481 e. The fourth-order valence-corrected chi connectivity index (χ4v) is 2.60. The van der Waals surface area contributed by atoms with E-state index in [4.69, 9.17) is 5.11 Å². The molecule has 0 spiro atoms. The average Bonchev–Trinajstić information content (AvgIpc) is 2.77. The number of rotatable bonds is 5. The molecule has 0 bridgehead atoms. The Morgan fingerprint density at radius 2 is 2.39 bits per heavy atom. The maximum atomic E-state index is 11.0. The first kappa shape index (κ1) is 13.0. The number of aliphatic carboxylic acids is 1. The molecule has 18 heavy (non-hydrogen) atoms. The summed E-state index contributed by atoms with van der Waals surface area (Å²) in [6.45, 7) is 3.28. The lowest BCUT2D eigenvalue weighted by molar-refractivity contribution is -0.142. The SMILES string of the molecule is Cc1nccc(CNCC2CCCC2C(=O)O)n1. The van der Waals surface area contributed by atoms with Gasteiger partial charge in [-0.25, -0.2) is 9.97 Å². The highest BCUT2D eigenvalue weighted by Gasteiger charge is 2.32. The van der Waals surface area contributed by atoms with Crippen molar-refractivity contribution in [2.24, 2.45) is 11.8 Å². The number of aryl methyl sites for hydroxylation is 1. The van der Waals surface area contributed by atoms with Gasteiger partial charge in [0.25, 0.3) is 0 Å². The van der Waals surface area contributed by atoms with Crippen molar-refractivity contribution in [1.82, 2.24) is 15.3 Å². The Bertz CT molecular complexity index is 422. The van der Waals surface area contributed by atoms with Crippen molar-refractivity contribution in [3.05, 3.63) is 23.8 Å². The molecule has 1 saturated carbocycles. The van der Waals surface area contributed by atoms with E-state index in [1.54, 1.807) is 6.20 Å². The minimum atomic E-state index is -0.655. The van der Waals surface area contributed by atoms with Crippen LogP contribution in [0.15, 0.2) is 12.3 Å². The molecule has 1 aliphatic carbocycles. The summed E-state index contributed by atoms with van der Waals surface area (Å²) in [5.41, 5.74) is 0.951. The number of aromatic nitrogens is 2. The molecule has 0 saturated heterocycles. The Morgan fingerprint density at radius 1 is 1.56 bits per heavy atom. The number of hydrogen-bond acceptors (Lipinski definition) is 4. The molecule has 2 N–H and O–H groups in total. The predicted octanol–water partition coefficient (Wildman–Crippen LogP) is 1.38. The summed E-state index contributed by atoms with van der Waals surface area (Å²) in [4.78, 5) is 19.4. The van der Waals surface area contributed by atoms with Gasteiger partial charge in [-0.15, -0.1) is 0 Å². The van der Waals surface area contributed by atoms with Gasteiger partial charge in [-0.1, -0.05) is 6.42 Å². The maximum Gasteiger partial charge on any atom is 0.306 e. The molecule has 1 aromatic rings. The van der Waals surface area contributed by atoms with Crippen molar-refractivity contribution in [3.8, 4) is 0 Å². The van der Waals surface area contributed by atoms with Crippen LogP contribution in [0.1, 0.15) is 30.8 Å². The molecule has 0 radical (unpaired) electrons. The van der Waals surface area contributed by atoms with Gasteiger partial charge in [0.1, 0.15) is 5.82 Å². The molecule has 0 aromatic carbocycles. The zero-order valence-corrected chi connectivity index (χ0v) is 10.6. The van der Waals surface area contributed by atoms with Crippen molar-refractivity contribution >= 4 is 5.97 Å². The Kier molecular flexibility index (Phi) is 4.25. The molecule has 1 heterocycles. The van der Waals surface area contributed by atoms with Crippen LogP contribution in [0.25, 0.3) is 0 Å². The Hall–Kier alpha value is -1.49. The molecular formula is C13H19N3O2. The van der Waals surface area contributed by atoms with Crippen LogP contribution >= 0.6 is 0 Å². The second-order valence-corrected chi connectivity index (χ2v) is 4.86. The molecule has 5 nitrogen and oxygen atoms in total. The van der Waals surface area contributed by atoms with Crippen molar-refractivity contribution in [2.75, 3.05) is 6.54 Å². The van der Waals surface area contributed by atoms with E-state index in [1.165, 1.54) is 0 Å². The molecule has 2 rings (SSSR count). The maximum absolute atomic E-state index is 11.0. The summed E-state index contributed by atoms with van der Waals surface area (Å²) in [5, 5.41) is 12.4. The Balaban J connectivity index is 1.80. The largest absolute Gasteiger partial charge is 0.481 e. The third-order valence-corrected chi connectivity index (χ3v) is 3.52. The van der Waals surface area contributed by atoms with Crippen LogP contribution in [0.5, 0.6) is 0 Å². The predicted molar refractivity (Wildman–Crippen MR) is 66.9 cm³/mol. The van der Waals surface area contributed by atoms with Crippen molar-refractivity contribution in [1.29, 1.82) is 0 Å². The van der Waals surface area contributed by atoms with Crippen LogP contribution in [0.4, 0.5) is 0 Å². The zero-order chi connectivity index (χ0) is 13.0. The fourth-order valence-electron chi connectivity index (χ4n) is 2.60. The van der Waals surface area contributed by atoms with Gasteiger partial charge in [-0.05, 0) is 38.3 Å². The number of nitrogens with zero attached hydrogens (tertiary/aromatic N) is 2. The summed E-state index contributed by atoms with van der Waals surface area (Å²) < 4.78 is 0. The van der Waals surface area contributed by atoms with Crippen LogP contribution in [0, 0.1) is 18.8 Å². The number of nitrogens with one attached hydrogen (secondary N) is 1. The number of carboxylic acids is 1. The van der Waals surface area contributed by atoms with Crippen LogP contribution in [0.2, 0.25) is 0 Å². The Morgan fingerprint density at radius 3 is 3.11 bits per heavy atom. The van der Waals surface area contributed by atoms with E-state index in [0.717, 1.165) is 37.3 Å². The van der Waals surface area contributed by atoms with E-state index in [1.807, 2.05) is 13.0 Å². The topological polar surface area (TPSA) is 75.1 Å². The van der Waals surface area contributed by atoms with E-state index in [2.05, 4.69) is 15.3 Å². The molecule has 5 heteroatoms. The number of hydrogen-bond donors (Lipinski definition) is 2. The minimum absolute atomic E-state index is 0.176. The fraction of sp³-hybridized carbons (Fsp3) is 0.615. The lowest BCUT2D eigenvalue weighted by Gasteiger charge is -2.16. The van der Waals surface area contributed by atoms with Gasteiger partial charge >= 0.3 is 5.97 Å². The van der Waals surface area contributed by atoms with Crippen LogP contribution in [0.3, 0.4) is 0 Å². The van der Waals surface area contributed by atoms with E-state index in [0.29, 0.717) is 6.54 Å². The summed E-state index contributed by atoms with van der Waals surface area (Å²) in [5.74, 6) is 0.186. The van der Waals surface area contributed by atoms with Crippen molar-refractivity contribution < 1.29 is 9.90 Å². The standard InChI is InChI=1S/C13H19N3O2/c1-9-15-6-5-11(16-9)8-14-7-10-3-2-4-12(10)13(17)18/h5-6,10,12,14H,2-4,7-8H2,1H3,(H,17,18). The molecule has 2 unspecified atom stereocenters. The normalized spacial score (nSPS) is 23.2. The second-order valence-electron chi connectivity index (χ2n) is 4.86. The van der Waals surface area contributed by atoms with Crippen molar-refractivity contribution in [2.45, 2.75) is 32.7 Å².